The van der Waals surface area contributed by atoms with Crippen LogP contribution < -0.4 is 5.32 Å². The van der Waals surface area contributed by atoms with Crippen LogP contribution in [-0.2, 0) is 11.3 Å². The summed E-state index contributed by atoms with van der Waals surface area (Å²) in [5, 5.41) is 3.44. The summed E-state index contributed by atoms with van der Waals surface area (Å²) in [6.07, 6.45) is 6.46. The average Bonchev–Trinajstić information content (AvgIpc) is 2.79. The van der Waals surface area contributed by atoms with E-state index in [1.165, 1.54) is 19.2 Å². The molecule has 2 heterocycles. The van der Waals surface area contributed by atoms with Gasteiger partial charge in [-0.2, -0.15) is 0 Å². The summed E-state index contributed by atoms with van der Waals surface area (Å²) < 4.78 is 11.0. The number of hydrogen-bond donors (Lipinski definition) is 1. The predicted molar refractivity (Wildman–Crippen MR) is 54.3 cm³/mol. The molecule has 0 radical (unpaired) electrons. The molecule has 0 bridgehead atoms. The summed E-state index contributed by atoms with van der Waals surface area (Å²) in [6, 6.07) is 0.707. The summed E-state index contributed by atoms with van der Waals surface area (Å²) >= 11 is 0. The van der Waals surface area contributed by atoms with Crippen molar-refractivity contribution in [2.45, 2.75) is 44.4 Å². The number of nitrogens with zero attached hydrogens (tertiary/aromatic N) is 1. The van der Waals surface area contributed by atoms with Crippen molar-refractivity contribution in [3.05, 3.63) is 17.8 Å². The Balaban J connectivity index is 1.67. The molecule has 1 aromatic rings. The van der Waals surface area contributed by atoms with Gasteiger partial charge in [0.15, 0.2) is 12.2 Å². The highest BCUT2D eigenvalue weighted by Gasteiger charge is 2.26. The lowest BCUT2D eigenvalue weighted by atomic mass is 10.1. The molecule has 2 aliphatic rings. The molecule has 1 N–H and O–H groups in total. The van der Waals surface area contributed by atoms with Gasteiger partial charge in [-0.3, -0.25) is 0 Å². The summed E-state index contributed by atoms with van der Waals surface area (Å²) in [5.74, 6) is 0.931. The van der Waals surface area contributed by atoms with Crippen LogP contribution in [0.4, 0.5) is 0 Å². The molecule has 1 saturated heterocycles. The number of nitrogens with one attached hydrogen (secondary N) is 1. The van der Waals surface area contributed by atoms with Gasteiger partial charge in [-0.1, -0.05) is 0 Å². The van der Waals surface area contributed by atoms with E-state index >= 15 is 0 Å². The van der Waals surface area contributed by atoms with Crippen molar-refractivity contribution >= 4 is 0 Å². The molecule has 1 aliphatic carbocycles. The Morgan fingerprint density at radius 2 is 2.33 bits per heavy atom. The highest BCUT2D eigenvalue weighted by Crippen LogP contribution is 2.30. The Morgan fingerprint density at radius 1 is 1.40 bits per heavy atom. The molecule has 15 heavy (non-hydrogen) atoms. The molecule has 4 nitrogen and oxygen atoms in total. The molecule has 0 spiro atoms. The lowest BCUT2D eigenvalue weighted by molar-refractivity contribution is 0.0925. The third-order valence-electron chi connectivity index (χ3n) is 3.03. The summed E-state index contributed by atoms with van der Waals surface area (Å²) in [4.78, 5) is 4.25. The number of rotatable bonds is 4. The number of aromatic nitrogens is 1. The van der Waals surface area contributed by atoms with Gasteiger partial charge in [0.05, 0.1) is 5.69 Å². The normalized spacial score (nSPS) is 26.0. The van der Waals surface area contributed by atoms with E-state index < -0.39 is 0 Å². The zero-order valence-corrected chi connectivity index (χ0v) is 8.74. The van der Waals surface area contributed by atoms with Gasteiger partial charge in [-0.05, 0) is 25.7 Å². The fourth-order valence-corrected chi connectivity index (χ4v) is 1.99. The zero-order valence-electron chi connectivity index (χ0n) is 8.74. The van der Waals surface area contributed by atoms with Crippen LogP contribution >= 0.6 is 0 Å². The molecule has 1 unspecified atom stereocenters. The standard InChI is InChI=1S/C11H16N2O2/c1-2-10(14-5-1)11-9(13-7-15-11)6-12-8-3-4-8/h7-8,10,12H,1-6H2. The molecule has 2 fully saturated rings. The highest BCUT2D eigenvalue weighted by molar-refractivity contribution is 5.11. The van der Waals surface area contributed by atoms with Crippen molar-refractivity contribution in [3.63, 3.8) is 0 Å². The first kappa shape index (κ1) is 9.36. The monoisotopic (exact) mass is 208 g/mol. The third kappa shape index (κ3) is 2.06. The first-order chi connectivity index (χ1) is 7.43. The van der Waals surface area contributed by atoms with Crippen LogP contribution in [0.2, 0.25) is 0 Å². The van der Waals surface area contributed by atoms with Crippen molar-refractivity contribution in [1.29, 1.82) is 0 Å². The van der Waals surface area contributed by atoms with Crippen molar-refractivity contribution in [1.82, 2.24) is 10.3 Å². The van der Waals surface area contributed by atoms with Crippen molar-refractivity contribution in [2.75, 3.05) is 6.61 Å². The van der Waals surface area contributed by atoms with E-state index in [4.69, 9.17) is 9.15 Å². The van der Waals surface area contributed by atoms with Gasteiger partial charge < -0.3 is 14.5 Å². The maximum Gasteiger partial charge on any atom is 0.181 e. The smallest absolute Gasteiger partial charge is 0.181 e. The number of oxazole rings is 1. The topological polar surface area (TPSA) is 47.3 Å². The maximum atomic E-state index is 5.60. The van der Waals surface area contributed by atoms with Crippen molar-refractivity contribution in [3.8, 4) is 0 Å². The second-order valence-electron chi connectivity index (χ2n) is 4.32. The van der Waals surface area contributed by atoms with Crippen LogP contribution in [0.5, 0.6) is 0 Å². The van der Waals surface area contributed by atoms with E-state index in [0.29, 0.717) is 6.04 Å². The molecule has 82 valence electrons. The summed E-state index contributed by atoms with van der Waals surface area (Å²) in [5.41, 5.74) is 1.02. The van der Waals surface area contributed by atoms with Crippen LogP contribution in [0.1, 0.15) is 43.2 Å². The van der Waals surface area contributed by atoms with E-state index in [9.17, 15) is 0 Å². The van der Waals surface area contributed by atoms with Gasteiger partial charge in [-0.25, -0.2) is 4.98 Å². The number of ether oxygens (including phenoxy) is 1. The van der Waals surface area contributed by atoms with Gasteiger partial charge in [0, 0.05) is 19.2 Å². The highest BCUT2D eigenvalue weighted by atomic mass is 16.5. The molecule has 1 aliphatic heterocycles. The van der Waals surface area contributed by atoms with Gasteiger partial charge in [-0.15, -0.1) is 0 Å². The van der Waals surface area contributed by atoms with E-state index in [1.807, 2.05) is 0 Å². The Labute approximate surface area is 89.0 Å². The molecule has 1 aromatic heterocycles. The molecule has 4 heteroatoms. The predicted octanol–water partition coefficient (Wildman–Crippen LogP) is 1.78. The molecule has 1 saturated carbocycles. The van der Waals surface area contributed by atoms with Crippen LogP contribution in [0.3, 0.4) is 0 Å². The van der Waals surface area contributed by atoms with E-state index in [-0.39, 0.29) is 6.10 Å². The maximum absolute atomic E-state index is 5.60. The first-order valence-corrected chi connectivity index (χ1v) is 5.71. The van der Waals surface area contributed by atoms with Crippen molar-refractivity contribution < 1.29 is 9.15 Å². The Bertz CT molecular complexity index is 327. The van der Waals surface area contributed by atoms with Crippen LogP contribution in [0, 0.1) is 0 Å². The lowest BCUT2D eigenvalue weighted by Crippen LogP contribution is -2.17. The Hall–Kier alpha value is -0.870. The minimum Gasteiger partial charge on any atom is -0.445 e. The molecule has 0 amide bonds. The second kappa shape index (κ2) is 3.94. The van der Waals surface area contributed by atoms with E-state index in [1.54, 1.807) is 0 Å². The molecule has 3 rings (SSSR count). The Kier molecular flexibility index (Phi) is 2.46. The van der Waals surface area contributed by atoms with Gasteiger partial charge in [0.25, 0.3) is 0 Å². The second-order valence-corrected chi connectivity index (χ2v) is 4.32. The minimum atomic E-state index is 0.142. The molecular weight excluding hydrogens is 192 g/mol. The fraction of sp³-hybridized carbons (Fsp3) is 0.727. The average molecular weight is 208 g/mol. The largest absolute Gasteiger partial charge is 0.445 e. The minimum absolute atomic E-state index is 0.142. The van der Waals surface area contributed by atoms with Crippen LogP contribution in [0.25, 0.3) is 0 Å². The van der Waals surface area contributed by atoms with Gasteiger partial charge >= 0.3 is 0 Å². The lowest BCUT2D eigenvalue weighted by Gasteiger charge is -2.08. The van der Waals surface area contributed by atoms with Crippen LogP contribution in [-0.4, -0.2) is 17.6 Å². The Morgan fingerprint density at radius 3 is 3.07 bits per heavy atom. The van der Waals surface area contributed by atoms with E-state index in [2.05, 4.69) is 10.3 Å². The third-order valence-corrected chi connectivity index (χ3v) is 3.03. The molecule has 0 aromatic carbocycles. The molecule has 1 atom stereocenters. The zero-order chi connectivity index (χ0) is 10.1. The summed E-state index contributed by atoms with van der Waals surface area (Å²) in [6.45, 7) is 1.66. The molecular formula is C11H16N2O2. The fourth-order valence-electron chi connectivity index (χ4n) is 1.99. The summed E-state index contributed by atoms with van der Waals surface area (Å²) in [7, 11) is 0. The van der Waals surface area contributed by atoms with Crippen molar-refractivity contribution in [2.24, 2.45) is 0 Å². The van der Waals surface area contributed by atoms with Gasteiger partial charge in [0.2, 0.25) is 0 Å². The van der Waals surface area contributed by atoms with Crippen LogP contribution in [0.15, 0.2) is 10.8 Å². The SMILES string of the molecule is c1nc(CNC2CC2)c(C2CCCO2)o1. The first-order valence-electron chi connectivity index (χ1n) is 5.71. The quantitative estimate of drug-likeness (QED) is 0.819. The number of hydrogen-bond acceptors (Lipinski definition) is 4. The van der Waals surface area contributed by atoms with Gasteiger partial charge in [0.1, 0.15) is 6.10 Å². The van der Waals surface area contributed by atoms with E-state index in [0.717, 1.165) is 37.4 Å².